The number of hydrogen-bond acceptors (Lipinski definition) is 2. The predicted molar refractivity (Wildman–Crippen MR) is 106 cm³/mol. The first kappa shape index (κ1) is 20.1. The number of nitrogens with zero attached hydrogens (tertiary/aromatic N) is 1. The minimum atomic E-state index is -0.259. The quantitative estimate of drug-likeness (QED) is 0.570. The van der Waals surface area contributed by atoms with Crippen molar-refractivity contribution >= 4 is 23.2 Å². The van der Waals surface area contributed by atoms with Gasteiger partial charge in [0, 0.05) is 13.1 Å². The predicted octanol–water partition coefficient (Wildman–Crippen LogP) is 4.06. The Balaban J connectivity index is 2.70. The number of thiocarbonyl (C=S) groups is 1. The molecule has 0 aliphatic rings. The molecule has 0 heterocycles. The number of hydrogen-bond donors (Lipinski definition) is 1. The molecule has 0 aliphatic heterocycles. The van der Waals surface area contributed by atoms with Crippen LogP contribution in [0.15, 0.2) is 49.6 Å². The van der Waals surface area contributed by atoms with Crippen LogP contribution in [0.4, 0.5) is 0 Å². The summed E-state index contributed by atoms with van der Waals surface area (Å²) in [5.74, 6) is 0.259. The fourth-order valence-electron chi connectivity index (χ4n) is 2.41. The lowest BCUT2D eigenvalue weighted by molar-refractivity contribution is -0.120. The van der Waals surface area contributed by atoms with Crippen molar-refractivity contribution in [1.29, 1.82) is 0 Å². The van der Waals surface area contributed by atoms with Gasteiger partial charge >= 0.3 is 0 Å². The van der Waals surface area contributed by atoms with E-state index in [4.69, 9.17) is 12.2 Å². The average Bonchev–Trinajstić information content (AvgIpc) is 2.54. The summed E-state index contributed by atoms with van der Waals surface area (Å²) in [5, 5.41) is 3.22. The molecule has 0 bridgehead atoms. The first-order chi connectivity index (χ1) is 11.4. The van der Waals surface area contributed by atoms with Gasteiger partial charge in [0.25, 0.3) is 0 Å². The molecule has 0 saturated carbocycles. The third-order valence-electron chi connectivity index (χ3n) is 3.73. The molecule has 3 nitrogen and oxygen atoms in total. The second-order valence-corrected chi connectivity index (χ2v) is 6.72. The van der Waals surface area contributed by atoms with Crippen LogP contribution in [0.25, 0.3) is 0 Å². The second kappa shape index (κ2) is 10.0. The fourth-order valence-corrected chi connectivity index (χ4v) is 2.66. The second-order valence-electron chi connectivity index (χ2n) is 6.34. The van der Waals surface area contributed by atoms with Crippen molar-refractivity contribution in [3.8, 4) is 0 Å². The standard InChI is InChI=1S/C20H28N2OS/c1-6-12-22(13-7-2)20(24)21-19(23)16(5)18-10-8-17(9-11-18)14-15(3)4/h6-11,15-16H,1-2,12-14H2,3-5H3,(H,21,23,24). The molecule has 24 heavy (non-hydrogen) atoms. The van der Waals surface area contributed by atoms with Crippen LogP contribution in [-0.2, 0) is 11.2 Å². The highest BCUT2D eigenvalue weighted by atomic mass is 32.1. The van der Waals surface area contributed by atoms with Crippen molar-refractivity contribution in [1.82, 2.24) is 10.2 Å². The third kappa shape index (κ3) is 6.28. The van der Waals surface area contributed by atoms with Crippen molar-refractivity contribution in [2.75, 3.05) is 13.1 Å². The van der Waals surface area contributed by atoms with Crippen molar-refractivity contribution in [3.63, 3.8) is 0 Å². The first-order valence-corrected chi connectivity index (χ1v) is 8.70. The van der Waals surface area contributed by atoms with E-state index in [9.17, 15) is 4.79 Å². The van der Waals surface area contributed by atoms with Gasteiger partial charge in [0.1, 0.15) is 0 Å². The molecule has 130 valence electrons. The summed E-state index contributed by atoms with van der Waals surface area (Å²) >= 11 is 5.32. The largest absolute Gasteiger partial charge is 0.342 e. The SMILES string of the molecule is C=CCN(CC=C)C(=S)NC(=O)C(C)c1ccc(CC(C)C)cc1. The lowest BCUT2D eigenvalue weighted by atomic mass is 9.96. The number of amides is 1. The molecule has 0 aromatic heterocycles. The molecule has 0 radical (unpaired) electrons. The van der Waals surface area contributed by atoms with Crippen LogP contribution in [0.1, 0.15) is 37.8 Å². The summed E-state index contributed by atoms with van der Waals surface area (Å²) in [6.07, 6.45) is 4.54. The van der Waals surface area contributed by atoms with Gasteiger partial charge in [-0.25, -0.2) is 0 Å². The van der Waals surface area contributed by atoms with Crippen LogP contribution < -0.4 is 5.32 Å². The fraction of sp³-hybridized carbons (Fsp3) is 0.400. The molecular weight excluding hydrogens is 316 g/mol. The number of carbonyl (C=O) groups excluding carboxylic acids is 1. The molecular formula is C20H28N2OS. The number of rotatable bonds is 8. The van der Waals surface area contributed by atoms with Gasteiger partial charge in [-0.3, -0.25) is 4.79 Å². The maximum absolute atomic E-state index is 12.5. The first-order valence-electron chi connectivity index (χ1n) is 8.29. The minimum absolute atomic E-state index is 0.102. The highest BCUT2D eigenvalue weighted by Gasteiger charge is 2.18. The molecule has 1 amide bonds. The van der Waals surface area contributed by atoms with E-state index in [1.165, 1.54) is 5.56 Å². The summed E-state index contributed by atoms with van der Waals surface area (Å²) in [4.78, 5) is 14.3. The van der Waals surface area contributed by atoms with Gasteiger partial charge in [0.2, 0.25) is 5.91 Å². The Kier molecular flexibility index (Phi) is 8.41. The third-order valence-corrected chi connectivity index (χ3v) is 4.09. The van der Waals surface area contributed by atoms with Crippen molar-refractivity contribution in [2.45, 2.75) is 33.1 Å². The van der Waals surface area contributed by atoms with Crippen molar-refractivity contribution < 1.29 is 4.79 Å². The highest BCUT2D eigenvalue weighted by Crippen LogP contribution is 2.18. The van der Waals surface area contributed by atoms with Gasteiger partial charge in [0.15, 0.2) is 5.11 Å². The van der Waals surface area contributed by atoms with E-state index in [0.29, 0.717) is 24.1 Å². The molecule has 0 aliphatic carbocycles. The Morgan fingerprint density at radius 2 is 1.71 bits per heavy atom. The van der Waals surface area contributed by atoms with E-state index >= 15 is 0 Å². The Labute approximate surface area is 151 Å². The molecule has 4 heteroatoms. The lowest BCUT2D eigenvalue weighted by Crippen LogP contribution is -2.44. The summed E-state index contributed by atoms with van der Waals surface area (Å²) < 4.78 is 0. The summed E-state index contributed by atoms with van der Waals surface area (Å²) in [6, 6.07) is 8.24. The van der Waals surface area contributed by atoms with Crippen LogP contribution in [0, 0.1) is 5.92 Å². The molecule has 0 fully saturated rings. The van der Waals surface area contributed by atoms with Gasteiger partial charge in [0.05, 0.1) is 5.92 Å². The zero-order chi connectivity index (χ0) is 18.1. The van der Waals surface area contributed by atoms with Gasteiger partial charge in [-0.15, -0.1) is 13.2 Å². The van der Waals surface area contributed by atoms with E-state index in [1.807, 2.05) is 24.0 Å². The zero-order valence-corrected chi connectivity index (χ0v) is 15.7. The van der Waals surface area contributed by atoms with Gasteiger partial charge in [-0.2, -0.15) is 0 Å². The Bertz CT molecular complexity index is 568. The summed E-state index contributed by atoms with van der Waals surface area (Å²) in [6.45, 7) is 14.8. The normalized spacial score (nSPS) is 11.7. The number of carbonyl (C=O) groups is 1. The van der Waals surface area contributed by atoms with Gasteiger partial charge in [-0.05, 0) is 42.6 Å². The van der Waals surface area contributed by atoms with Crippen molar-refractivity contribution in [2.24, 2.45) is 5.92 Å². The van der Waals surface area contributed by atoms with Gasteiger partial charge in [-0.1, -0.05) is 50.3 Å². The smallest absolute Gasteiger partial charge is 0.233 e. The molecule has 1 aromatic rings. The van der Waals surface area contributed by atoms with E-state index in [1.54, 1.807) is 12.2 Å². The molecule has 0 saturated heterocycles. The van der Waals surface area contributed by atoms with Crippen LogP contribution in [0.2, 0.25) is 0 Å². The van der Waals surface area contributed by atoms with E-state index in [2.05, 4.69) is 44.5 Å². The molecule has 1 unspecified atom stereocenters. The van der Waals surface area contributed by atoms with Crippen LogP contribution in [0.5, 0.6) is 0 Å². The topological polar surface area (TPSA) is 32.3 Å². The molecule has 1 aromatic carbocycles. The Hall–Kier alpha value is -1.94. The number of nitrogens with one attached hydrogen (secondary N) is 1. The van der Waals surface area contributed by atoms with E-state index in [0.717, 1.165) is 12.0 Å². The Morgan fingerprint density at radius 1 is 1.17 bits per heavy atom. The number of benzene rings is 1. The average molecular weight is 345 g/mol. The minimum Gasteiger partial charge on any atom is -0.342 e. The Morgan fingerprint density at radius 3 is 2.17 bits per heavy atom. The zero-order valence-electron chi connectivity index (χ0n) is 14.9. The van der Waals surface area contributed by atoms with E-state index in [-0.39, 0.29) is 11.8 Å². The highest BCUT2D eigenvalue weighted by molar-refractivity contribution is 7.80. The van der Waals surface area contributed by atoms with E-state index < -0.39 is 0 Å². The maximum Gasteiger partial charge on any atom is 0.233 e. The summed E-state index contributed by atoms with van der Waals surface area (Å²) in [7, 11) is 0. The molecule has 1 N–H and O–H groups in total. The van der Waals surface area contributed by atoms with Crippen LogP contribution in [-0.4, -0.2) is 29.0 Å². The molecule has 1 rings (SSSR count). The van der Waals surface area contributed by atoms with Crippen LogP contribution >= 0.6 is 12.2 Å². The summed E-state index contributed by atoms with van der Waals surface area (Å²) in [5.41, 5.74) is 2.28. The van der Waals surface area contributed by atoms with Crippen molar-refractivity contribution in [3.05, 3.63) is 60.7 Å². The monoisotopic (exact) mass is 344 g/mol. The van der Waals surface area contributed by atoms with Gasteiger partial charge < -0.3 is 10.2 Å². The lowest BCUT2D eigenvalue weighted by Gasteiger charge is -2.23. The van der Waals surface area contributed by atoms with Crippen LogP contribution in [0.3, 0.4) is 0 Å². The molecule has 1 atom stereocenters. The molecule has 0 spiro atoms. The maximum atomic E-state index is 12.5.